The SMILES string of the molecule is C[C@H]1CC(C)(C)N(C)c2cc(Cl)c(/C=C(/C#N)C(=O)Nc3ccc(F)cc3)cc21. The van der Waals surface area contributed by atoms with E-state index in [2.05, 4.69) is 31.0 Å². The molecule has 3 rings (SSSR count). The largest absolute Gasteiger partial charge is 0.369 e. The van der Waals surface area contributed by atoms with Gasteiger partial charge in [-0.25, -0.2) is 4.39 Å². The van der Waals surface area contributed by atoms with Crippen LogP contribution in [0.1, 0.15) is 44.2 Å². The summed E-state index contributed by atoms with van der Waals surface area (Å²) in [6.45, 7) is 6.56. The highest BCUT2D eigenvalue weighted by Crippen LogP contribution is 2.44. The lowest BCUT2D eigenvalue weighted by atomic mass is 9.80. The van der Waals surface area contributed by atoms with Gasteiger partial charge in [0.2, 0.25) is 0 Å². The average molecular weight is 412 g/mol. The number of hydrogen-bond donors (Lipinski definition) is 1. The smallest absolute Gasteiger partial charge is 0.266 e. The van der Waals surface area contributed by atoms with Crippen LogP contribution in [0.2, 0.25) is 5.02 Å². The van der Waals surface area contributed by atoms with E-state index in [1.54, 1.807) is 0 Å². The Labute approximate surface area is 175 Å². The molecule has 1 aliphatic rings. The molecule has 0 radical (unpaired) electrons. The van der Waals surface area contributed by atoms with Crippen molar-refractivity contribution in [3.05, 3.63) is 63.9 Å². The minimum atomic E-state index is -0.570. The molecule has 1 atom stereocenters. The minimum absolute atomic E-state index is 0.0138. The highest BCUT2D eigenvalue weighted by molar-refractivity contribution is 6.32. The van der Waals surface area contributed by atoms with Crippen molar-refractivity contribution in [3.8, 4) is 6.07 Å². The average Bonchev–Trinajstić information content (AvgIpc) is 2.66. The predicted octanol–water partition coefficient (Wildman–Crippen LogP) is 5.75. The lowest BCUT2D eigenvalue weighted by Crippen LogP contribution is -2.45. The van der Waals surface area contributed by atoms with Gasteiger partial charge in [0.25, 0.3) is 5.91 Å². The van der Waals surface area contributed by atoms with Gasteiger partial charge in [-0.2, -0.15) is 5.26 Å². The van der Waals surface area contributed by atoms with E-state index in [9.17, 15) is 14.4 Å². The molecule has 0 saturated heterocycles. The van der Waals surface area contributed by atoms with Gasteiger partial charge in [-0.1, -0.05) is 18.5 Å². The molecular formula is C23H23ClFN3O. The Hall–Kier alpha value is -2.84. The molecule has 0 aromatic heterocycles. The van der Waals surface area contributed by atoms with Crippen molar-refractivity contribution >= 4 is 35.0 Å². The summed E-state index contributed by atoms with van der Waals surface area (Å²) < 4.78 is 13.0. The molecule has 1 amide bonds. The molecule has 0 spiro atoms. The maximum Gasteiger partial charge on any atom is 0.266 e. The number of hydrogen-bond acceptors (Lipinski definition) is 3. The van der Waals surface area contributed by atoms with Crippen LogP contribution in [0.5, 0.6) is 0 Å². The molecule has 6 heteroatoms. The van der Waals surface area contributed by atoms with Crippen molar-refractivity contribution < 1.29 is 9.18 Å². The third-order valence-corrected chi connectivity index (χ3v) is 5.85. The second-order valence-corrected chi connectivity index (χ2v) is 8.45. The number of amides is 1. The van der Waals surface area contributed by atoms with Crippen LogP contribution in [0.15, 0.2) is 42.0 Å². The number of rotatable bonds is 3. The van der Waals surface area contributed by atoms with Gasteiger partial charge in [-0.15, -0.1) is 0 Å². The van der Waals surface area contributed by atoms with Crippen molar-refractivity contribution in [1.82, 2.24) is 0 Å². The number of fused-ring (bicyclic) bond motifs is 1. The van der Waals surface area contributed by atoms with Crippen LogP contribution in [-0.4, -0.2) is 18.5 Å². The van der Waals surface area contributed by atoms with E-state index in [0.717, 1.165) is 17.7 Å². The summed E-state index contributed by atoms with van der Waals surface area (Å²) in [6.07, 6.45) is 2.48. The quantitative estimate of drug-likeness (QED) is 0.517. The van der Waals surface area contributed by atoms with Gasteiger partial charge in [0, 0.05) is 29.0 Å². The van der Waals surface area contributed by atoms with Gasteiger partial charge < -0.3 is 10.2 Å². The van der Waals surface area contributed by atoms with Crippen molar-refractivity contribution in [3.63, 3.8) is 0 Å². The molecule has 0 bridgehead atoms. The Morgan fingerprint density at radius 2 is 2.00 bits per heavy atom. The number of benzene rings is 2. The van der Waals surface area contributed by atoms with Crippen LogP contribution in [0.3, 0.4) is 0 Å². The second kappa shape index (κ2) is 7.88. The fraction of sp³-hybridized carbons (Fsp3) is 0.304. The molecule has 0 saturated carbocycles. The Morgan fingerprint density at radius 1 is 1.34 bits per heavy atom. The van der Waals surface area contributed by atoms with E-state index in [4.69, 9.17) is 11.6 Å². The molecule has 0 aliphatic carbocycles. The van der Waals surface area contributed by atoms with Crippen molar-refractivity contribution in [2.45, 2.75) is 38.6 Å². The van der Waals surface area contributed by atoms with Gasteiger partial charge in [0.05, 0.1) is 0 Å². The predicted molar refractivity (Wildman–Crippen MR) is 116 cm³/mol. The molecule has 29 heavy (non-hydrogen) atoms. The first kappa shape index (κ1) is 20.9. The van der Waals surface area contributed by atoms with E-state index in [-0.39, 0.29) is 11.1 Å². The lowest BCUT2D eigenvalue weighted by Gasteiger charge is -2.45. The van der Waals surface area contributed by atoms with Crippen LogP contribution in [-0.2, 0) is 4.79 Å². The minimum Gasteiger partial charge on any atom is -0.369 e. The van der Waals surface area contributed by atoms with E-state index >= 15 is 0 Å². The second-order valence-electron chi connectivity index (χ2n) is 8.04. The van der Waals surface area contributed by atoms with Crippen LogP contribution >= 0.6 is 11.6 Å². The molecule has 4 nitrogen and oxygen atoms in total. The number of halogens is 2. The van der Waals surface area contributed by atoms with Gasteiger partial charge in [-0.3, -0.25) is 4.79 Å². The van der Waals surface area contributed by atoms with E-state index in [1.807, 2.05) is 25.2 Å². The van der Waals surface area contributed by atoms with Crippen molar-refractivity contribution in [2.75, 3.05) is 17.3 Å². The van der Waals surface area contributed by atoms with Crippen LogP contribution in [0.25, 0.3) is 6.08 Å². The number of carbonyl (C=O) groups is 1. The summed E-state index contributed by atoms with van der Waals surface area (Å²) in [4.78, 5) is 14.7. The lowest BCUT2D eigenvalue weighted by molar-refractivity contribution is -0.112. The Bertz CT molecular complexity index is 1020. The maximum absolute atomic E-state index is 13.0. The molecule has 2 aromatic carbocycles. The number of nitriles is 1. The fourth-order valence-corrected chi connectivity index (χ4v) is 3.96. The molecular weight excluding hydrogens is 389 g/mol. The standard InChI is InChI=1S/C23H23ClFN3O/c1-14-12-23(2,3)28(4)21-11-20(24)15(10-19(14)21)9-16(13-26)22(29)27-18-7-5-17(25)6-8-18/h5-11,14H,12H2,1-4H3,(H,27,29)/b16-9-/t14-/m0/s1. The van der Waals surface area contributed by atoms with Gasteiger partial charge >= 0.3 is 0 Å². The number of nitrogens with one attached hydrogen (secondary N) is 1. The summed E-state index contributed by atoms with van der Waals surface area (Å²) in [5.74, 6) is -0.652. The molecule has 1 N–H and O–H groups in total. The molecule has 2 aromatic rings. The summed E-state index contributed by atoms with van der Waals surface area (Å²) in [5, 5.41) is 12.6. The first-order chi connectivity index (χ1) is 13.6. The molecule has 1 aliphatic heterocycles. The van der Waals surface area contributed by atoms with Crippen molar-refractivity contribution in [2.24, 2.45) is 0 Å². The number of nitrogens with zero attached hydrogens (tertiary/aromatic N) is 2. The topological polar surface area (TPSA) is 56.1 Å². The summed E-state index contributed by atoms with van der Waals surface area (Å²) >= 11 is 6.50. The number of anilines is 2. The first-order valence-corrected chi connectivity index (χ1v) is 9.76. The summed E-state index contributed by atoms with van der Waals surface area (Å²) in [7, 11) is 2.05. The Balaban J connectivity index is 1.94. The van der Waals surface area contributed by atoms with E-state index in [1.165, 1.54) is 30.3 Å². The highest BCUT2D eigenvalue weighted by atomic mass is 35.5. The van der Waals surface area contributed by atoms with Crippen molar-refractivity contribution in [1.29, 1.82) is 5.26 Å². The zero-order valence-corrected chi connectivity index (χ0v) is 17.6. The van der Waals surface area contributed by atoms with Crippen LogP contribution in [0.4, 0.5) is 15.8 Å². The molecule has 1 heterocycles. The van der Waals surface area contributed by atoms with E-state index < -0.39 is 11.7 Å². The molecule has 0 fully saturated rings. The number of carbonyl (C=O) groups excluding carboxylic acids is 1. The maximum atomic E-state index is 13.0. The molecule has 150 valence electrons. The third-order valence-electron chi connectivity index (χ3n) is 5.52. The Kier molecular flexibility index (Phi) is 5.68. The molecule has 0 unspecified atom stereocenters. The van der Waals surface area contributed by atoms with Crippen LogP contribution < -0.4 is 10.2 Å². The van der Waals surface area contributed by atoms with E-state index in [0.29, 0.717) is 22.2 Å². The fourth-order valence-electron chi connectivity index (χ4n) is 3.75. The Morgan fingerprint density at radius 3 is 2.62 bits per heavy atom. The zero-order chi connectivity index (χ0) is 21.3. The first-order valence-electron chi connectivity index (χ1n) is 9.38. The van der Waals surface area contributed by atoms with Gasteiger partial charge in [0.1, 0.15) is 17.5 Å². The van der Waals surface area contributed by atoms with Gasteiger partial charge in [0.15, 0.2) is 0 Å². The highest BCUT2D eigenvalue weighted by Gasteiger charge is 2.34. The normalized spacial score (nSPS) is 18.0. The third kappa shape index (κ3) is 4.28. The monoisotopic (exact) mass is 411 g/mol. The van der Waals surface area contributed by atoms with Crippen LogP contribution in [0, 0.1) is 17.1 Å². The zero-order valence-electron chi connectivity index (χ0n) is 16.9. The van der Waals surface area contributed by atoms with Gasteiger partial charge in [-0.05, 0) is 79.8 Å². The summed E-state index contributed by atoms with van der Waals surface area (Å²) in [5.41, 5.74) is 3.17. The summed E-state index contributed by atoms with van der Waals surface area (Å²) in [6, 6.07) is 11.1.